The van der Waals surface area contributed by atoms with E-state index in [1.807, 2.05) is 13.8 Å². The van der Waals surface area contributed by atoms with Crippen LogP contribution in [0.15, 0.2) is 12.4 Å². The van der Waals surface area contributed by atoms with E-state index in [0.29, 0.717) is 12.4 Å². The molecule has 0 aliphatic rings. The van der Waals surface area contributed by atoms with Crippen molar-refractivity contribution in [1.82, 2.24) is 9.97 Å². The van der Waals surface area contributed by atoms with Crippen molar-refractivity contribution in [2.75, 3.05) is 19.0 Å². The van der Waals surface area contributed by atoms with Crippen molar-refractivity contribution in [3.05, 3.63) is 18.1 Å². The zero-order valence-electron chi connectivity index (χ0n) is 10.2. The van der Waals surface area contributed by atoms with Crippen molar-refractivity contribution >= 4 is 11.8 Å². The lowest BCUT2D eigenvalue weighted by atomic mass is 10.0. The molecule has 2 N–H and O–H groups in total. The molecule has 0 saturated carbocycles. The van der Waals surface area contributed by atoms with Crippen LogP contribution in [-0.2, 0) is 4.74 Å². The van der Waals surface area contributed by atoms with Gasteiger partial charge in [0.15, 0.2) is 5.69 Å². The second kappa shape index (κ2) is 5.58. The van der Waals surface area contributed by atoms with E-state index in [-0.39, 0.29) is 11.3 Å². The fraction of sp³-hybridized carbons (Fsp3) is 0.545. The van der Waals surface area contributed by atoms with Crippen LogP contribution in [0.25, 0.3) is 0 Å². The number of hydrogen-bond acceptors (Lipinski definition) is 5. The van der Waals surface area contributed by atoms with Gasteiger partial charge in [-0.05, 0) is 13.3 Å². The monoisotopic (exact) mass is 239 g/mol. The van der Waals surface area contributed by atoms with Gasteiger partial charge >= 0.3 is 5.97 Å². The summed E-state index contributed by atoms with van der Waals surface area (Å²) in [6, 6.07) is 0. The van der Waals surface area contributed by atoms with Crippen LogP contribution in [0.3, 0.4) is 0 Å². The quantitative estimate of drug-likeness (QED) is 0.780. The number of carbonyl (C=O) groups is 1. The van der Waals surface area contributed by atoms with Gasteiger partial charge in [0.05, 0.1) is 18.0 Å². The van der Waals surface area contributed by atoms with E-state index >= 15 is 0 Å². The number of rotatable bonds is 6. The maximum atomic E-state index is 10.6. The van der Waals surface area contributed by atoms with Gasteiger partial charge in [-0.1, -0.05) is 6.92 Å². The molecule has 1 aromatic heterocycles. The molecule has 0 radical (unpaired) electrons. The summed E-state index contributed by atoms with van der Waals surface area (Å²) in [6.45, 7) is 4.60. The molecule has 0 aliphatic heterocycles. The van der Waals surface area contributed by atoms with E-state index in [4.69, 9.17) is 9.84 Å². The van der Waals surface area contributed by atoms with E-state index in [0.717, 1.165) is 6.42 Å². The Morgan fingerprint density at radius 1 is 1.53 bits per heavy atom. The van der Waals surface area contributed by atoms with E-state index in [1.165, 1.54) is 12.4 Å². The minimum atomic E-state index is -1.08. The number of methoxy groups -OCH3 is 1. The van der Waals surface area contributed by atoms with Crippen LogP contribution < -0.4 is 5.32 Å². The third-order valence-corrected chi connectivity index (χ3v) is 2.76. The number of aromatic nitrogens is 2. The highest BCUT2D eigenvalue weighted by molar-refractivity contribution is 5.84. The van der Waals surface area contributed by atoms with Crippen molar-refractivity contribution in [2.24, 2.45) is 0 Å². The van der Waals surface area contributed by atoms with Crippen LogP contribution in [0, 0.1) is 0 Å². The summed E-state index contributed by atoms with van der Waals surface area (Å²) in [6.07, 6.45) is 3.48. The zero-order valence-corrected chi connectivity index (χ0v) is 10.2. The maximum Gasteiger partial charge on any atom is 0.356 e. The van der Waals surface area contributed by atoms with E-state index < -0.39 is 5.97 Å². The van der Waals surface area contributed by atoms with Crippen molar-refractivity contribution < 1.29 is 14.6 Å². The molecule has 1 aromatic rings. The fourth-order valence-corrected chi connectivity index (χ4v) is 1.15. The number of hydrogen-bond donors (Lipinski definition) is 2. The van der Waals surface area contributed by atoms with Gasteiger partial charge in [0.25, 0.3) is 0 Å². The average Bonchev–Trinajstić information content (AvgIpc) is 2.36. The molecular formula is C11H17N3O3. The molecule has 1 atom stereocenters. The number of nitrogens with zero attached hydrogens (tertiary/aromatic N) is 2. The Balaban J connectivity index is 2.61. The first kappa shape index (κ1) is 13.4. The molecule has 94 valence electrons. The molecule has 0 bridgehead atoms. The van der Waals surface area contributed by atoms with Crippen LogP contribution in [-0.4, -0.2) is 40.3 Å². The highest BCUT2D eigenvalue weighted by Crippen LogP contribution is 2.14. The van der Waals surface area contributed by atoms with E-state index in [9.17, 15) is 4.79 Å². The van der Waals surface area contributed by atoms with Crippen molar-refractivity contribution in [3.8, 4) is 0 Å². The third-order valence-electron chi connectivity index (χ3n) is 2.76. The summed E-state index contributed by atoms with van der Waals surface area (Å²) in [5.41, 5.74) is -0.340. The molecule has 1 unspecified atom stereocenters. The van der Waals surface area contributed by atoms with Crippen LogP contribution in [0.4, 0.5) is 5.82 Å². The Bertz CT molecular complexity index is 374. The second-order valence-corrected chi connectivity index (χ2v) is 3.95. The molecular weight excluding hydrogens is 222 g/mol. The lowest BCUT2D eigenvalue weighted by molar-refractivity contribution is 0.0143. The summed E-state index contributed by atoms with van der Waals surface area (Å²) < 4.78 is 5.37. The zero-order chi connectivity index (χ0) is 12.9. The Hall–Kier alpha value is -1.69. The third kappa shape index (κ3) is 3.67. The predicted molar refractivity (Wildman–Crippen MR) is 63.2 cm³/mol. The van der Waals surface area contributed by atoms with Gasteiger partial charge in [-0.25, -0.2) is 14.8 Å². The Morgan fingerprint density at radius 3 is 2.65 bits per heavy atom. The van der Waals surface area contributed by atoms with Crippen LogP contribution in [0.1, 0.15) is 30.8 Å². The van der Waals surface area contributed by atoms with Crippen LogP contribution >= 0.6 is 0 Å². The molecule has 6 nitrogen and oxygen atoms in total. The molecule has 17 heavy (non-hydrogen) atoms. The number of carboxylic acid groups (broad SMARTS) is 1. The van der Waals surface area contributed by atoms with Gasteiger partial charge in [-0.3, -0.25) is 0 Å². The van der Waals surface area contributed by atoms with Gasteiger partial charge in [-0.15, -0.1) is 0 Å². The molecule has 0 amide bonds. The van der Waals surface area contributed by atoms with Gasteiger partial charge in [0, 0.05) is 13.7 Å². The molecule has 1 heterocycles. The molecule has 0 aliphatic carbocycles. The highest BCUT2D eigenvalue weighted by Gasteiger charge is 2.20. The van der Waals surface area contributed by atoms with Gasteiger partial charge in [0.2, 0.25) is 0 Å². The van der Waals surface area contributed by atoms with Gasteiger partial charge in [0.1, 0.15) is 5.82 Å². The number of anilines is 1. The topological polar surface area (TPSA) is 84.3 Å². The Morgan fingerprint density at radius 2 is 2.24 bits per heavy atom. The van der Waals surface area contributed by atoms with Crippen molar-refractivity contribution in [1.29, 1.82) is 0 Å². The number of carboxylic acids is 1. The normalized spacial score (nSPS) is 14.1. The predicted octanol–water partition coefficient (Wildman–Crippen LogP) is 1.40. The lowest BCUT2D eigenvalue weighted by Gasteiger charge is -2.26. The first-order valence-electron chi connectivity index (χ1n) is 5.35. The molecule has 1 rings (SSSR count). The maximum absolute atomic E-state index is 10.6. The number of aromatic carboxylic acids is 1. The molecule has 0 fully saturated rings. The van der Waals surface area contributed by atoms with Crippen LogP contribution in [0.2, 0.25) is 0 Å². The lowest BCUT2D eigenvalue weighted by Crippen LogP contribution is -2.35. The first-order chi connectivity index (χ1) is 8.00. The van der Waals surface area contributed by atoms with Crippen molar-refractivity contribution in [2.45, 2.75) is 25.9 Å². The van der Waals surface area contributed by atoms with E-state index in [1.54, 1.807) is 7.11 Å². The SMILES string of the molecule is CCC(C)(CNc1cnc(C(=O)O)cn1)OC. The summed E-state index contributed by atoms with van der Waals surface area (Å²) in [4.78, 5) is 18.3. The average molecular weight is 239 g/mol. The largest absolute Gasteiger partial charge is 0.476 e. The number of ether oxygens (including phenoxy) is 1. The standard InChI is InChI=1S/C11H17N3O3/c1-4-11(2,17-3)7-14-9-6-12-8(5-13-9)10(15)16/h5-6H,4,7H2,1-3H3,(H,13,14)(H,15,16). The summed E-state index contributed by atoms with van der Waals surface area (Å²) in [5, 5.41) is 11.7. The summed E-state index contributed by atoms with van der Waals surface area (Å²) in [5.74, 6) is -0.550. The number of nitrogens with one attached hydrogen (secondary N) is 1. The fourth-order valence-electron chi connectivity index (χ4n) is 1.15. The van der Waals surface area contributed by atoms with Gasteiger partial charge < -0.3 is 15.2 Å². The minimum Gasteiger partial charge on any atom is -0.476 e. The first-order valence-corrected chi connectivity index (χ1v) is 5.35. The molecule has 0 saturated heterocycles. The van der Waals surface area contributed by atoms with E-state index in [2.05, 4.69) is 15.3 Å². The van der Waals surface area contributed by atoms with Crippen LogP contribution in [0.5, 0.6) is 0 Å². The molecule has 6 heteroatoms. The Labute approximate surface area is 100 Å². The summed E-state index contributed by atoms with van der Waals surface area (Å²) in [7, 11) is 1.66. The van der Waals surface area contributed by atoms with Crippen molar-refractivity contribution in [3.63, 3.8) is 0 Å². The highest BCUT2D eigenvalue weighted by atomic mass is 16.5. The smallest absolute Gasteiger partial charge is 0.356 e. The second-order valence-electron chi connectivity index (χ2n) is 3.95. The summed E-state index contributed by atoms with van der Waals surface area (Å²) >= 11 is 0. The minimum absolute atomic E-state index is 0.0689. The molecule has 0 aromatic carbocycles. The molecule has 0 spiro atoms. The Kier molecular flexibility index (Phi) is 4.39. The van der Waals surface area contributed by atoms with Gasteiger partial charge in [-0.2, -0.15) is 0 Å².